The number of benzene rings is 2. The van der Waals surface area contributed by atoms with Gasteiger partial charge >= 0.3 is 0 Å². The molecule has 2 aromatic heterocycles. The Bertz CT molecular complexity index is 1410. The second kappa shape index (κ2) is 7.34. The molecule has 30 heavy (non-hydrogen) atoms. The molecular weight excluding hydrogens is 420 g/mol. The summed E-state index contributed by atoms with van der Waals surface area (Å²) in [6, 6.07) is 14.8. The number of anilines is 1. The average molecular weight is 437 g/mol. The number of hydrogen-bond donors (Lipinski definition) is 0. The number of nitrogens with zero attached hydrogens (tertiary/aromatic N) is 4. The third-order valence-corrected chi connectivity index (χ3v) is 6.39. The number of carbonyl (C=O) groups excluding carboxylic acids is 1. The maximum atomic E-state index is 13.2. The van der Waals surface area contributed by atoms with Crippen molar-refractivity contribution in [2.24, 2.45) is 0 Å². The predicted molar refractivity (Wildman–Crippen MR) is 119 cm³/mol. The van der Waals surface area contributed by atoms with Crippen LogP contribution in [0.25, 0.3) is 21.9 Å². The van der Waals surface area contributed by atoms with Crippen LogP contribution in [-0.4, -0.2) is 27.0 Å². The van der Waals surface area contributed by atoms with Gasteiger partial charge in [-0.2, -0.15) is 9.50 Å². The molecule has 3 heterocycles. The zero-order chi connectivity index (χ0) is 20.8. The molecule has 0 aliphatic carbocycles. The molecule has 0 atom stereocenters. The van der Waals surface area contributed by atoms with Gasteiger partial charge in [-0.05, 0) is 24.6 Å². The molecule has 0 radical (unpaired) electrons. The molecular formula is C22H17ClN4O2S. The zero-order valence-corrected chi connectivity index (χ0v) is 17.7. The van der Waals surface area contributed by atoms with Crippen molar-refractivity contribution in [3.05, 3.63) is 74.0 Å². The van der Waals surface area contributed by atoms with Crippen LogP contribution in [0.4, 0.5) is 5.69 Å². The molecule has 0 fully saturated rings. The fraction of sp³-hybridized carbons (Fsp3) is 0.182. The molecule has 0 unspecified atom stereocenters. The Balaban J connectivity index is 1.69. The molecule has 4 aromatic rings. The molecule has 0 N–H and O–H groups in total. The first-order valence-corrected chi connectivity index (χ1v) is 10.9. The lowest BCUT2D eigenvalue weighted by atomic mass is 10.1. The summed E-state index contributed by atoms with van der Waals surface area (Å²) in [6.07, 6.45) is 1.88. The molecule has 1 aliphatic heterocycles. The minimum absolute atomic E-state index is 0.138. The van der Waals surface area contributed by atoms with E-state index < -0.39 is 0 Å². The monoisotopic (exact) mass is 436 g/mol. The second-order valence-electron chi connectivity index (χ2n) is 7.08. The Kier molecular flexibility index (Phi) is 4.64. The summed E-state index contributed by atoms with van der Waals surface area (Å²) in [7, 11) is 0. The van der Waals surface area contributed by atoms with Gasteiger partial charge in [0.1, 0.15) is 4.53 Å². The lowest BCUT2D eigenvalue weighted by Gasteiger charge is -2.16. The predicted octanol–water partition coefficient (Wildman–Crippen LogP) is 3.54. The van der Waals surface area contributed by atoms with Crippen molar-refractivity contribution in [2.45, 2.75) is 19.8 Å². The number of hydrogen-bond acceptors (Lipinski definition) is 5. The van der Waals surface area contributed by atoms with Crippen LogP contribution in [0.15, 0.2) is 53.3 Å². The van der Waals surface area contributed by atoms with Gasteiger partial charge in [0.05, 0.1) is 11.3 Å². The Hall–Kier alpha value is -3.03. The quantitative estimate of drug-likeness (QED) is 0.490. The van der Waals surface area contributed by atoms with Crippen LogP contribution in [0.1, 0.15) is 25.3 Å². The molecule has 5 rings (SSSR count). The summed E-state index contributed by atoms with van der Waals surface area (Å²) in [5.41, 5.74) is 2.49. The number of fused-ring (bicyclic) bond motifs is 2. The third-order valence-electron chi connectivity index (χ3n) is 5.13. The number of amides is 1. The van der Waals surface area contributed by atoms with Crippen LogP contribution in [0.3, 0.4) is 0 Å². The van der Waals surface area contributed by atoms with E-state index in [0.717, 1.165) is 29.7 Å². The maximum Gasteiger partial charge on any atom is 0.291 e. The number of thiazole rings is 1. The highest BCUT2D eigenvalue weighted by molar-refractivity contribution is 7.15. The average Bonchev–Trinajstić information content (AvgIpc) is 3.37. The number of aromatic nitrogens is 3. The van der Waals surface area contributed by atoms with Crippen molar-refractivity contribution in [1.29, 1.82) is 0 Å². The van der Waals surface area contributed by atoms with E-state index in [0.29, 0.717) is 32.5 Å². The highest BCUT2D eigenvalue weighted by Gasteiger charge is 2.33. The van der Waals surface area contributed by atoms with E-state index in [2.05, 4.69) is 17.0 Å². The molecule has 1 amide bonds. The molecule has 8 heteroatoms. The van der Waals surface area contributed by atoms with E-state index in [1.165, 1.54) is 15.9 Å². The van der Waals surface area contributed by atoms with Crippen LogP contribution in [-0.2, 0) is 4.79 Å². The summed E-state index contributed by atoms with van der Waals surface area (Å²) in [5, 5.41) is 4.95. The highest BCUT2D eigenvalue weighted by Crippen LogP contribution is 2.35. The number of carbonyl (C=O) groups is 1. The van der Waals surface area contributed by atoms with Crippen molar-refractivity contribution in [1.82, 2.24) is 14.6 Å². The van der Waals surface area contributed by atoms with Crippen LogP contribution in [0.2, 0.25) is 5.02 Å². The molecule has 0 spiro atoms. The summed E-state index contributed by atoms with van der Waals surface area (Å²) in [5.74, 6) is 0.293. The first-order valence-electron chi connectivity index (χ1n) is 9.69. The first-order chi connectivity index (χ1) is 14.6. The molecule has 1 aliphatic rings. The molecule has 150 valence electrons. The SMILES string of the molecule is CCCCN1C(=O)/C(=c2\sc3nc(-c4cccc(Cl)c4)nn3c2=O)c2ccccc21. The molecule has 0 saturated heterocycles. The largest absolute Gasteiger partial charge is 0.308 e. The number of unbranched alkanes of at least 4 members (excludes halogenated alkanes) is 1. The second-order valence-corrected chi connectivity index (χ2v) is 8.49. The van der Waals surface area contributed by atoms with Crippen LogP contribution < -0.4 is 15.0 Å². The maximum absolute atomic E-state index is 13.2. The van der Waals surface area contributed by atoms with E-state index in [1.54, 1.807) is 17.0 Å². The summed E-state index contributed by atoms with van der Waals surface area (Å²) < 4.78 is 1.65. The van der Waals surface area contributed by atoms with Gasteiger partial charge < -0.3 is 4.90 Å². The Morgan fingerprint density at radius 1 is 1.10 bits per heavy atom. The smallest absolute Gasteiger partial charge is 0.291 e. The summed E-state index contributed by atoms with van der Waals surface area (Å²) in [6.45, 7) is 2.72. The van der Waals surface area contributed by atoms with Gasteiger partial charge in [-0.1, -0.05) is 66.6 Å². The van der Waals surface area contributed by atoms with E-state index in [9.17, 15) is 9.59 Å². The highest BCUT2D eigenvalue weighted by atomic mass is 35.5. The van der Waals surface area contributed by atoms with Gasteiger partial charge in [0.2, 0.25) is 4.96 Å². The Labute approximate surface area is 181 Å². The van der Waals surface area contributed by atoms with E-state index in [-0.39, 0.29) is 11.5 Å². The minimum Gasteiger partial charge on any atom is -0.308 e. The van der Waals surface area contributed by atoms with Gasteiger partial charge in [0, 0.05) is 22.7 Å². The van der Waals surface area contributed by atoms with Gasteiger partial charge in [0.25, 0.3) is 11.5 Å². The van der Waals surface area contributed by atoms with Crippen molar-refractivity contribution >= 4 is 45.1 Å². The van der Waals surface area contributed by atoms with Crippen LogP contribution in [0.5, 0.6) is 0 Å². The van der Waals surface area contributed by atoms with Gasteiger partial charge in [-0.25, -0.2) is 0 Å². The van der Waals surface area contributed by atoms with Gasteiger partial charge in [-0.3, -0.25) is 9.59 Å². The summed E-state index contributed by atoms with van der Waals surface area (Å²) >= 11 is 7.25. The normalized spacial score (nSPS) is 15.3. The molecule has 6 nitrogen and oxygen atoms in total. The van der Waals surface area contributed by atoms with Crippen molar-refractivity contribution in [3.63, 3.8) is 0 Å². The van der Waals surface area contributed by atoms with E-state index in [4.69, 9.17) is 11.6 Å². The van der Waals surface area contributed by atoms with E-state index in [1.807, 2.05) is 36.4 Å². The fourth-order valence-electron chi connectivity index (χ4n) is 3.67. The topological polar surface area (TPSA) is 67.6 Å². The Morgan fingerprint density at radius 2 is 1.93 bits per heavy atom. The lowest BCUT2D eigenvalue weighted by molar-refractivity contribution is -0.113. The standard InChI is InChI=1S/C22H17ClN4O2S/c1-2-3-11-26-16-10-5-4-9-15(16)17(20(26)28)18-21(29)27-22(30-18)24-19(25-27)13-7-6-8-14(23)12-13/h4-10,12H,2-3,11H2,1H3/b18-17-. The molecule has 2 aromatic carbocycles. The van der Waals surface area contributed by atoms with Gasteiger partial charge in [0.15, 0.2) is 5.82 Å². The van der Waals surface area contributed by atoms with E-state index >= 15 is 0 Å². The summed E-state index contributed by atoms with van der Waals surface area (Å²) in [4.78, 5) is 33.1. The zero-order valence-electron chi connectivity index (χ0n) is 16.1. The van der Waals surface area contributed by atoms with Crippen molar-refractivity contribution in [3.8, 4) is 11.4 Å². The lowest BCUT2D eigenvalue weighted by Crippen LogP contribution is -2.33. The first kappa shape index (κ1) is 19.0. The van der Waals surface area contributed by atoms with Crippen LogP contribution in [0, 0.1) is 0 Å². The fourth-order valence-corrected chi connectivity index (χ4v) is 4.86. The number of halogens is 1. The number of para-hydroxylation sites is 1. The number of rotatable bonds is 4. The van der Waals surface area contributed by atoms with Crippen molar-refractivity contribution < 1.29 is 4.79 Å². The molecule has 0 bridgehead atoms. The van der Waals surface area contributed by atoms with Crippen LogP contribution >= 0.6 is 22.9 Å². The third kappa shape index (κ3) is 2.93. The van der Waals surface area contributed by atoms with Crippen molar-refractivity contribution in [2.75, 3.05) is 11.4 Å². The Morgan fingerprint density at radius 3 is 2.70 bits per heavy atom. The molecule has 0 saturated carbocycles. The minimum atomic E-state index is -0.328. The van der Waals surface area contributed by atoms with Gasteiger partial charge in [-0.15, -0.1) is 5.10 Å².